The van der Waals surface area contributed by atoms with Crippen molar-refractivity contribution in [3.63, 3.8) is 0 Å². The second-order valence-corrected chi connectivity index (χ2v) is 14.5. The summed E-state index contributed by atoms with van der Waals surface area (Å²) in [6.07, 6.45) is 0.873. The molecule has 0 unspecified atom stereocenters. The Morgan fingerprint density at radius 2 is 1.59 bits per heavy atom. The Labute approximate surface area is 229 Å². The van der Waals surface area contributed by atoms with Crippen molar-refractivity contribution < 1.29 is 9.13 Å². The third kappa shape index (κ3) is 5.78. The molecule has 0 fully saturated rings. The molecule has 200 valence electrons. The smallest absolute Gasteiger partial charge is 0.139 e. The highest BCUT2D eigenvalue weighted by molar-refractivity contribution is 7.16. The molecule has 37 heavy (non-hydrogen) atoms. The van der Waals surface area contributed by atoms with Crippen molar-refractivity contribution in [1.29, 1.82) is 0 Å². The van der Waals surface area contributed by atoms with Gasteiger partial charge < -0.3 is 9.72 Å². The number of aromatic nitrogens is 3. The standard InChI is InChI=1S/C30H40FN3OS2/c1-16(2)11-18-12-21(24-20(31)13-19(29(5,6)7)26-27(24)34-37-33-26)32-25(18)28-22(35-15-17(3)4)14-23(36-28)30(8,9)10/h12-14,16-17,32H,11,15H2,1-10H3. The number of hydrogen-bond acceptors (Lipinski definition) is 5. The molecule has 4 rings (SSSR count). The first-order chi connectivity index (χ1) is 17.2. The van der Waals surface area contributed by atoms with E-state index in [0.717, 1.165) is 56.8 Å². The van der Waals surface area contributed by atoms with E-state index in [1.807, 2.05) is 0 Å². The Kier molecular flexibility index (Phi) is 7.61. The van der Waals surface area contributed by atoms with Gasteiger partial charge in [0.25, 0.3) is 0 Å². The number of benzene rings is 1. The van der Waals surface area contributed by atoms with Crippen molar-refractivity contribution in [2.24, 2.45) is 11.8 Å². The summed E-state index contributed by atoms with van der Waals surface area (Å²) in [6.45, 7) is 22.3. The number of nitrogens with one attached hydrogen (secondary N) is 1. The van der Waals surface area contributed by atoms with Gasteiger partial charge in [0.2, 0.25) is 0 Å². The number of nitrogens with zero attached hydrogens (tertiary/aromatic N) is 2. The minimum Gasteiger partial charge on any atom is -0.492 e. The van der Waals surface area contributed by atoms with Gasteiger partial charge in [-0.05, 0) is 58.4 Å². The predicted molar refractivity (Wildman–Crippen MR) is 157 cm³/mol. The van der Waals surface area contributed by atoms with Gasteiger partial charge in [0.15, 0.2) is 0 Å². The molecule has 0 amide bonds. The van der Waals surface area contributed by atoms with Crippen LogP contribution in [0.4, 0.5) is 4.39 Å². The van der Waals surface area contributed by atoms with E-state index in [0.29, 0.717) is 29.5 Å². The molecule has 1 N–H and O–H groups in total. The minimum absolute atomic E-state index is 0.000182. The lowest BCUT2D eigenvalue weighted by atomic mass is 9.85. The number of fused-ring (bicyclic) bond motifs is 1. The maximum atomic E-state index is 15.8. The van der Waals surface area contributed by atoms with Gasteiger partial charge in [-0.25, -0.2) is 4.39 Å². The summed E-state index contributed by atoms with van der Waals surface area (Å²) >= 11 is 2.90. The Morgan fingerprint density at radius 3 is 2.19 bits per heavy atom. The van der Waals surface area contributed by atoms with Crippen LogP contribution in [0, 0.1) is 17.7 Å². The molecule has 7 heteroatoms. The quantitative estimate of drug-likeness (QED) is 0.253. The molecule has 3 heterocycles. The largest absolute Gasteiger partial charge is 0.492 e. The van der Waals surface area contributed by atoms with E-state index in [2.05, 4.69) is 95.1 Å². The van der Waals surface area contributed by atoms with E-state index in [-0.39, 0.29) is 16.6 Å². The van der Waals surface area contributed by atoms with Gasteiger partial charge in [0.05, 0.1) is 40.2 Å². The molecule has 4 aromatic rings. The first kappa shape index (κ1) is 27.8. The molecule has 0 spiro atoms. The van der Waals surface area contributed by atoms with Crippen molar-refractivity contribution in [3.8, 4) is 27.6 Å². The van der Waals surface area contributed by atoms with Gasteiger partial charge in [-0.1, -0.05) is 69.2 Å². The lowest BCUT2D eigenvalue weighted by molar-refractivity contribution is 0.272. The lowest BCUT2D eigenvalue weighted by Gasteiger charge is -2.20. The number of ether oxygens (including phenoxy) is 1. The predicted octanol–water partition coefficient (Wildman–Crippen LogP) is 9.38. The zero-order valence-corrected chi connectivity index (χ0v) is 25.4. The highest BCUT2D eigenvalue weighted by Gasteiger charge is 2.28. The highest BCUT2D eigenvalue weighted by atomic mass is 32.1. The summed E-state index contributed by atoms with van der Waals surface area (Å²) in [5, 5.41) is 0. The number of H-pyrrole nitrogens is 1. The maximum Gasteiger partial charge on any atom is 0.139 e. The normalized spacial score (nSPS) is 12.9. The SMILES string of the molecule is CC(C)COc1cc(C(C)(C)C)sc1-c1[nH]c(-c2c(F)cc(C(C)(C)C)c3nsnc23)cc1CC(C)C. The minimum atomic E-state index is -0.271. The molecule has 0 saturated heterocycles. The van der Waals surface area contributed by atoms with Gasteiger partial charge in [-0.2, -0.15) is 8.75 Å². The van der Waals surface area contributed by atoms with Crippen LogP contribution in [0.25, 0.3) is 32.9 Å². The number of hydrogen-bond donors (Lipinski definition) is 1. The number of rotatable bonds is 7. The molecule has 4 nitrogen and oxygen atoms in total. The Hall–Kier alpha value is -2.25. The van der Waals surface area contributed by atoms with Gasteiger partial charge in [-0.3, -0.25) is 0 Å². The van der Waals surface area contributed by atoms with Crippen LogP contribution in [0.5, 0.6) is 5.75 Å². The second-order valence-electron chi connectivity index (χ2n) is 12.9. The van der Waals surface area contributed by atoms with Crippen LogP contribution in [0.1, 0.15) is 85.2 Å². The zero-order chi connectivity index (χ0) is 27.3. The highest BCUT2D eigenvalue weighted by Crippen LogP contribution is 2.46. The molecular formula is C30H40FN3OS2. The van der Waals surface area contributed by atoms with E-state index >= 15 is 4.39 Å². The summed E-state index contributed by atoms with van der Waals surface area (Å²) < 4.78 is 31.3. The van der Waals surface area contributed by atoms with Crippen LogP contribution in [-0.2, 0) is 17.3 Å². The Morgan fingerprint density at radius 1 is 0.919 bits per heavy atom. The maximum absolute atomic E-state index is 15.8. The van der Waals surface area contributed by atoms with Gasteiger partial charge in [0, 0.05) is 4.88 Å². The van der Waals surface area contributed by atoms with Crippen LogP contribution in [-0.4, -0.2) is 20.3 Å². The van der Waals surface area contributed by atoms with Crippen LogP contribution in [0.15, 0.2) is 18.2 Å². The van der Waals surface area contributed by atoms with Crippen molar-refractivity contribution >= 4 is 34.1 Å². The van der Waals surface area contributed by atoms with E-state index in [1.165, 1.54) is 4.88 Å². The molecule has 1 aromatic carbocycles. The van der Waals surface area contributed by atoms with Gasteiger partial charge in [0.1, 0.15) is 22.6 Å². The topological polar surface area (TPSA) is 50.8 Å². The summed E-state index contributed by atoms with van der Waals surface area (Å²) in [6, 6.07) is 5.93. The molecule has 0 saturated carbocycles. The van der Waals surface area contributed by atoms with Crippen LogP contribution < -0.4 is 4.74 Å². The second kappa shape index (κ2) is 10.1. The zero-order valence-electron chi connectivity index (χ0n) is 23.8. The molecule has 0 aliphatic rings. The molecule has 0 atom stereocenters. The van der Waals surface area contributed by atoms with Crippen molar-refractivity contribution in [2.75, 3.05) is 6.61 Å². The fourth-order valence-corrected chi connectivity index (χ4v) is 6.22. The van der Waals surface area contributed by atoms with Crippen LogP contribution in [0.3, 0.4) is 0 Å². The Bertz CT molecular complexity index is 1400. The van der Waals surface area contributed by atoms with Crippen LogP contribution >= 0.6 is 23.1 Å². The van der Waals surface area contributed by atoms with Crippen molar-refractivity contribution in [1.82, 2.24) is 13.7 Å². The first-order valence-corrected chi connectivity index (χ1v) is 14.7. The third-order valence-electron chi connectivity index (χ3n) is 6.33. The lowest BCUT2D eigenvalue weighted by Crippen LogP contribution is -2.12. The fourth-order valence-electron chi connectivity index (χ4n) is 4.45. The average molecular weight is 542 g/mol. The summed E-state index contributed by atoms with van der Waals surface area (Å²) in [7, 11) is 0. The molecule has 0 aliphatic heterocycles. The van der Waals surface area contributed by atoms with E-state index in [9.17, 15) is 0 Å². The Balaban J connectivity index is 1.94. The van der Waals surface area contributed by atoms with E-state index in [4.69, 9.17) is 4.74 Å². The summed E-state index contributed by atoms with van der Waals surface area (Å²) in [4.78, 5) is 5.96. The van der Waals surface area contributed by atoms with Crippen molar-refractivity contribution in [3.05, 3.63) is 40.0 Å². The number of thiophene rings is 1. The van der Waals surface area contributed by atoms with Gasteiger partial charge in [-0.15, -0.1) is 11.3 Å². The third-order valence-corrected chi connectivity index (χ3v) is 8.42. The van der Waals surface area contributed by atoms with E-state index < -0.39 is 0 Å². The van der Waals surface area contributed by atoms with Crippen molar-refractivity contribution in [2.45, 2.75) is 86.5 Å². The number of halogens is 1. The summed E-state index contributed by atoms with van der Waals surface area (Å²) in [5.41, 5.74) is 5.45. The molecular weight excluding hydrogens is 501 g/mol. The molecule has 0 radical (unpaired) electrons. The van der Waals surface area contributed by atoms with Crippen LogP contribution in [0.2, 0.25) is 0 Å². The molecule has 0 bridgehead atoms. The number of aromatic amines is 1. The fraction of sp³-hybridized carbons (Fsp3) is 0.533. The average Bonchev–Trinajstić information content (AvgIpc) is 3.48. The first-order valence-electron chi connectivity index (χ1n) is 13.1. The van der Waals surface area contributed by atoms with Gasteiger partial charge >= 0.3 is 0 Å². The molecule has 0 aliphatic carbocycles. The monoisotopic (exact) mass is 541 g/mol. The van der Waals surface area contributed by atoms with E-state index in [1.54, 1.807) is 17.4 Å². The summed E-state index contributed by atoms with van der Waals surface area (Å²) in [5.74, 6) is 1.48. The molecule has 3 aromatic heterocycles.